The average molecular weight is 293 g/mol. The summed E-state index contributed by atoms with van der Waals surface area (Å²) < 4.78 is 0. The number of halogens is 1. The number of nitro groups is 1. The molecule has 0 saturated heterocycles. The highest BCUT2D eigenvalue weighted by molar-refractivity contribution is 6.32. The lowest BCUT2D eigenvalue weighted by atomic mass is 10.2. The number of benzene rings is 1. The van der Waals surface area contributed by atoms with Gasteiger partial charge in [0, 0.05) is 18.7 Å². The number of non-ortho nitro benzene ring substituents is 1. The lowest BCUT2D eigenvalue weighted by Crippen LogP contribution is -2.05. The van der Waals surface area contributed by atoms with Crippen molar-refractivity contribution in [2.75, 3.05) is 5.32 Å². The Morgan fingerprint density at radius 2 is 2.00 bits per heavy atom. The van der Waals surface area contributed by atoms with Crippen molar-refractivity contribution in [3.8, 4) is 0 Å². The first-order chi connectivity index (χ1) is 9.61. The maximum absolute atomic E-state index is 10.9. The van der Waals surface area contributed by atoms with Crippen molar-refractivity contribution in [1.29, 1.82) is 0 Å². The number of anilines is 1. The van der Waals surface area contributed by atoms with Crippen LogP contribution in [0.15, 0.2) is 30.6 Å². The van der Waals surface area contributed by atoms with E-state index in [-0.39, 0.29) is 16.4 Å². The van der Waals surface area contributed by atoms with E-state index >= 15 is 0 Å². The molecule has 0 unspecified atom stereocenters. The lowest BCUT2D eigenvalue weighted by molar-refractivity contribution is -0.384. The Hall–Kier alpha value is -2.54. The van der Waals surface area contributed by atoms with Gasteiger partial charge < -0.3 is 5.32 Å². The van der Waals surface area contributed by atoms with Crippen LogP contribution in [0.2, 0.25) is 5.15 Å². The zero-order valence-electron chi connectivity index (χ0n) is 10.1. The summed E-state index contributed by atoms with van der Waals surface area (Å²) in [6.45, 7) is 0.353. The zero-order chi connectivity index (χ0) is 14.5. The van der Waals surface area contributed by atoms with E-state index in [1.807, 2.05) is 0 Å². The largest absolute Gasteiger partial charge is 0.365 e. The molecule has 0 aliphatic heterocycles. The van der Waals surface area contributed by atoms with E-state index in [0.717, 1.165) is 5.56 Å². The summed E-state index contributed by atoms with van der Waals surface area (Å²) >= 11 is 5.77. The number of hydrogen-bond donors (Lipinski definition) is 1. The number of nitro benzene ring substituents is 1. The van der Waals surface area contributed by atoms with Gasteiger partial charge in [-0.2, -0.15) is 0 Å². The average Bonchev–Trinajstić information content (AvgIpc) is 2.45. The van der Waals surface area contributed by atoms with Crippen LogP contribution >= 0.6 is 11.6 Å². The number of hydrogen-bond acceptors (Lipinski definition) is 6. The van der Waals surface area contributed by atoms with Gasteiger partial charge in [0.2, 0.25) is 0 Å². The predicted molar refractivity (Wildman–Crippen MR) is 72.9 cm³/mol. The summed E-state index contributed by atoms with van der Waals surface area (Å²) in [5.74, 6) is 0.318. The highest BCUT2D eigenvalue weighted by Crippen LogP contribution is 2.18. The van der Waals surface area contributed by atoms with Gasteiger partial charge in [-0.25, -0.2) is 9.97 Å². The molecule has 0 saturated carbocycles. The maximum Gasteiger partial charge on any atom is 0.269 e. The van der Waals surface area contributed by atoms with E-state index in [1.165, 1.54) is 18.5 Å². The first kappa shape index (κ1) is 13.9. The number of carbonyl (C=O) groups excluding carboxylic acids is 1. The number of nitrogens with zero attached hydrogens (tertiary/aromatic N) is 3. The van der Waals surface area contributed by atoms with Crippen molar-refractivity contribution >= 4 is 29.4 Å². The fourth-order valence-electron chi connectivity index (χ4n) is 1.54. The van der Waals surface area contributed by atoms with Crippen LogP contribution in [0.4, 0.5) is 11.5 Å². The molecule has 0 spiro atoms. The molecule has 2 rings (SSSR count). The second-order valence-electron chi connectivity index (χ2n) is 3.82. The van der Waals surface area contributed by atoms with Crippen LogP contribution < -0.4 is 5.32 Å². The topological polar surface area (TPSA) is 98.0 Å². The highest BCUT2D eigenvalue weighted by atomic mass is 35.5. The summed E-state index contributed by atoms with van der Waals surface area (Å²) in [6, 6.07) is 6.05. The van der Waals surface area contributed by atoms with E-state index in [4.69, 9.17) is 11.6 Å². The Morgan fingerprint density at radius 3 is 2.60 bits per heavy atom. The Bertz CT molecular complexity index is 646. The molecule has 0 aliphatic rings. The summed E-state index contributed by atoms with van der Waals surface area (Å²) in [4.78, 5) is 28.6. The van der Waals surface area contributed by atoms with Crippen LogP contribution in [0.3, 0.4) is 0 Å². The summed E-state index contributed by atoms with van der Waals surface area (Å²) in [7, 11) is 0. The lowest BCUT2D eigenvalue weighted by Gasteiger charge is -2.08. The Balaban J connectivity index is 2.11. The van der Waals surface area contributed by atoms with Gasteiger partial charge in [-0.05, 0) is 5.56 Å². The van der Waals surface area contributed by atoms with E-state index < -0.39 is 4.92 Å². The minimum Gasteiger partial charge on any atom is -0.365 e. The third-order valence-corrected chi connectivity index (χ3v) is 2.86. The molecule has 1 N–H and O–H groups in total. The van der Waals surface area contributed by atoms with Gasteiger partial charge in [0.1, 0.15) is 17.3 Å². The smallest absolute Gasteiger partial charge is 0.269 e. The summed E-state index contributed by atoms with van der Waals surface area (Å²) in [5, 5.41) is 13.5. The van der Waals surface area contributed by atoms with Crippen LogP contribution in [-0.2, 0) is 6.54 Å². The van der Waals surface area contributed by atoms with Crippen molar-refractivity contribution in [3.05, 3.63) is 57.0 Å². The molecule has 2 aromatic rings. The van der Waals surface area contributed by atoms with Crippen molar-refractivity contribution in [2.24, 2.45) is 0 Å². The van der Waals surface area contributed by atoms with Crippen LogP contribution in [0.25, 0.3) is 0 Å². The Labute approximate surface area is 118 Å². The fourth-order valence-corrected chi connectivity index (χ4v) is 1.72. The molecule has 7 nitrogen and oxygen atoms in total. The van der Waals surface area contributed by atoms with Crippen molar-refractivity contribution < 1.29 is 9.72 Å². The van der Waals surface area contributed by atoms with E-state index in [0.29, 0.717) is 18.6 Å². The van der Waals surface area contributed by atoms with Gasteiger partial charge in [-0.1, -0.05) is 23.7 Å². The number of nitrogens with one attached hydrogen (secondary N) is 1. The number of rotatable bonds is 5. The molecule has 1 aromatic carbocycles. The van der Waals surface area contributed by atoms with Gasteiger partial charge in [-0.15, -0.1) is 0 Å². The minimum atomic E-state index is -0.466. The molecule has 8 heteroatoms. The molecule has 102 valence electrons. The summed E-state index contributed by atoms with van der Waals surface area (Å²) in [6.07, 6.45) is 1.81. The monoisotopic (exact) mass is 292 g/mol. The molecule has 0 fully saturated rings. The molecule has 0 atom stereocenters. The molecule has 0 bridgehead atoms. The van der Waals surface area contributed by atoms with Gasteiger partial charge in [0.15, 0.2) is 6.29 Å². The fraction of sp³-hybridized carbons (Fsp3) is 0.0833. The number of aldehydes is 1. The first-order valence-corrected chi connectivity index (χ1v) is 5.92. The van der Waals surface area contributed by atoms with Gasteiger partial charge in [0.05, 0.1) is 10.5 Å². The quantitative estimate of drug-likeness (QED) is 0.393. The highest BCUT2D eigenvalue weighted by Gasteiger charge is 2.09. The Kier molecular flexibility index (Phi) is 4.21. The normalized spacial score (nSPS) is 10.1. The second kappa shape index (κ2) is 6.07. The molecular formula is C12H9ClN4O3. The van der Waals surface area contributed by atoms with Gasteiger partial charge in [0.25, 0.3) is 5.69 Å². The maximum atomic E-state index is 10.9. The van der Waals surface area contributed by atoms with Crippen molar-refractivity contribution in [3.63, 3.8) is 0 Å². The van der Waals surface area contributed by atoms with Crippen LogP contribution in [0, 0.1) is 10.1 Å². The summed E-state index contributed by atoms with van der Waals surface area (Å²) in [5.41, 5.74) is 1.01. The van der Waals surface area contributed by atoms with Crippen molar-refractivity contribution in [1.82, 2.24) is 9.97 Å². The molecular weight excluding hydrogens is 284 g/mol. The van der Waals surface area contributed by atoms with E-state index in [9.17, 15) is 14.9 Å². The van der Waals surface area contributed by atoms with Gasteiger partial charge in [-0.3, -0.25) is 14.9 Å². The van der Waals surface area contributed by atoms with Crippen LogP contribution in [0.5, 0.6) is 0 Å². The molecule has 20 heavy (non-hydrogen) atoms. The van der Waals surface area contributed by atoms with Crippen LogP contribution in [-0.4, -0.2) is 21.2 Å². The molecule has 1 heterocycles. The van der Waals surface area contributed by atoms with E-state index in [1.54, 1.807) is 12.1 Å². The minimum absolute atomic E-state index is 0.0208. The van der Waals surface area contributed by atoms with Crippen LogP contribution in [0.1, 0.15) is 15.9 Å². The zero-order valence-corrected chi connectivity index (χ0v) is 10.9. The third-order valence-electron chi connectivity index (χ3n) is 2.56. The SMILES string of the molecule is O=Cc1c(Cl)ncnc1NCc1ccc([N+](=O)[O-])cc1. The van der Waals surface area contributed by atoms with Gasteiger partial charge >= 0.3 is 0 Å². The standard InChI is InChI=1S/C12H9ClN4O3/c13-11-10(6-18)12(16-7-15-11)14-5-8-1-3-9(4-2-8)17(19)20/h1-4,6-7H,5H2,(H,14,15,16). The third kappa shape index (κ3) is 3.07. The molecule has 0 amide bonds. The Morgan fingerprint density at radius 1 is 1.30 bits per heavy atom. The second-order valence-corrected chi connectivity index (χ2v) is 4.18. The molecule has 0 aliphatic carbocycles. The van der Waals surface area contributed by atoms with Crippen molar-refractivity contribution in [2.45, 2.75) is 6.54 Å². The van der Waals surface area contributed by atoms with E-state index in [2.05, 4.69) is 15.3 Å². The molecule has 0 radical (unpaired) electrons. The molecule has 1 aromatic heterocycles. The predicted octanol–water partition coefficient (Wildman–Crippen LogP) is 2.46. The number of carbonyl (C=O) groups is 1. The first-order valence-electron chi connectivity index (χ1n) is 5.54. The number of aromatic nitrogens is 2.